The Labute approximate surface area is 123 Å². The maximum absolute atomic E-state index is 11.6. The van der Waals surface area contributed by atoms with E-state index in [1.807, 2.05) is 0 Å². The van der Waals surface area contributed by atoms with Crippen LogP contribution in [0.3, 0.4) is 0 Å². The Bertz CT molecular complexity index is 462. The fourth-order valence-corrected chi connectivity index (χ4v) is 5.98. The van der Waals surface area contributed by atoms with Gasteiger partial charge in [-0.2, -0.15) is 0 Å². The molecular formula is C19H28O. The highest BCUT2D eigenvalue weighted by molar-refractivity contribution is 5.25. The van der Waals surface area contributed by atoms with E-state index in [1.54, 1.807) is 0 Å². The normalized spacial score (nSPS) is 53.3. The van der Waals surface area contributed by atoms with Gasteiger partial charge in [0.1, 0.15) is 0 Å². The highest BCUT2D eigenvalue weighted by Gasteiger charge is 2.56. The number of aliphatic hydroxyl groups is 1. The van der Waals surface area contributed by atoms with Gasteiger partial charge in [-0.3, -0.25) is 0 Å². The molecule has 0 saturated heterocycles. The summed E-state index contributed by atoms with van der Waals surface area (Å²) in [6.07, 6.45) is 18.2. The van der Waals surface area contributed by atoms with Crippen molar-refractivity contribution in [2.45, 2.75) is 70.3 Å². The molecule has 20 heavy (non-hydrogen) atoms. The maximum Gasteiger partial charge on any atom is 0.0743 e. The van der Waals surface area contributed by atoms with Crippen LogP contribution in [0.15, 0.2) is 23.8 Å². The molecule has 4 aliphatic carbocycles. The average molecular weight is 272 g/mol. The number of allylic oxidation sites excluding steroid dienone is 3. The number of hydrogen-bond acceptors (Lipinski definition) is 1. The van der Waals surface area contributed by atoms with E-state index in [9.17, 15) is 5.11 Å². The van der Waals surface area contributed by atoms with E-state index >= 15 is 0 Å². The molecule has 2 saturated carbocycles. The summed E-state index contributed by atoms with van der Waals surface area (Å²) in [7, 11) is 0. The van der Waals surface area contributed by atoms with Gasteiger partial charge in [0.25, 0.3) is 0 Å². The van der Waals surface area contributed by atoms with E-state index in [-0.39, 0.29) is 0 Å². The van der Waals surface area contributed by atoms with Crippen LogP contribution in [0, 0.1) is 23.2 Å². The van der Waals surface area contributed by atoms with E-state index in [1.165, 1.54) is 56.9 Å². The topological polar surface area (TPSA) is 20.2 Å². The molecule has 3 unspecified atom stereocenters. The highest BCUT2D eigenvalue weighted by atomic mass is 16.3. The van der Waals surface area contributed by atoms with Crippen molar-refractivity contribution in [3.8, 4) is 0 Å². The van der Waals surface area contributed by atoms with Gasteiger partial charge >= 0.3 is 0 Å². The van der Waals surface area contributed by atoms with Crippen LogP contribution in [0.5, 0.6) is 0 Å². The molecule has 1 N–H and O–H groups in total. The molecule has 5 atom stereocenters. The standard InChI is InChI=1S/C19H28O/c1-18-9-3-6-17(18)19(20)11-7-14-4-2-5-15(12-14)13-16(19)8-10-18/h2,4,7,15-17,20H,3,5-6,8-13H2,1H3/b14-7-/t15?,16?,17?,18-,19-/m0/s1. The molecule has 2 fully saturated rings. The molecule has 0 aromatic heterocycles. The lowest BCUT2D eigenvalue weighted by Crippen LogP contribution is -2.54. The molecular weight excluding hydrogens is 244 g/mol. The van der Waals surface area contributed by atoms with Crippen molar-refractivity contribution in [3.05, 3.63) is 23.8 Å². The van der Waals surface area contributed by atoms with Gasteiger partial charge in [0, 0.05) is 0 Å². The van der Waals surface area contributed by atoms with Crippen molar-refractivity contribution in [1.29, 1.82) is 0 Å². The monoisotopic (exact) mass is 272 g/mol. The molecule has 0 amide bonds. The summed E-state index contributed by atoms with van der Waals surface area (Å²) in [5.74, 6) is 1.88. The van der Waals surface area contributed by atoms with Gasteiger partial charge in [0.15, 0.2) is 0 Å². The average Bonchev–Trinajstić information content (AvgIpc) is 2.83. The quantitative estimate of drug-likeness (QED) is 0.682. The fourth-order valence-electron chi connectivity index (χ4n) is 5.98. The fraction of sp³-hybridized carbons (Fsp3) is 0.789. The predicted octanol–water partition coefficient (Wildman–Crippen LogP) is 4.62. The van der Waals surface area contributed by atoms with Crippen LogP contribution >= 0.6 is 0 Å². The minimum Gasteiger partial charge on any atom is -0.389 e. The van der Waals surface area contributed by atoms with Gasteiger partial charge in [-0.25, -0.2) is 0 Å². The van der Waals surface area contributed by atoms with Gasteiger partial charge in [-0.1, -0.05) is 37.1 Å². The number of hydrogen-bond donors (Lipinski definition) is 1. The van der Waals surface area contributed by atoms with Gasteiger partial charge < -0.3 is 5.11 Å². The molecule has 4 aliphatic rings. The van der Waals surface area contributed by atoms with E-state index in [0.29, 0.717) is 17.3 Å². The van der Waals surface area contributed by atoms with E-state index < -0.39 is 5.60 Å². The van der Waals surface area contributed by atoms with Crippen LogP contribution < -0.4 is 0 Å². The molecule has 1 heteroatoms. The van der Waals surface area contributed by atoms with Gasteiger partial charge in [-0.05, 0) is 74.5 Å². The Kier molecular flexibility index (Phi) is 2.93. The van der Waals surface area contributed by atoms with E-state index in [4.69, 9.17) is 0 Å². The maximum atomic E-state index is 11.6. The summed E-state index contributed by atoms with van der Waals surface area (Å²) in [4.78, 5) is 0. The van der Waals surface area contributed by atoms with Crippen LogP contribution in [0.1, 0.15) is 64.7 Å². The molecule has 0 aromatic rings. The van der Waals surface area contributed by atoms with Crippen molar-refractivity contribution in [2.75, 3.05) is 0 Å². The summed E-state index contributed by atoms with van der Waals surface area (Å²) in [6.45, 7) is 2.45. The molecule has 2 bridgehead atoms. The van der Waals surface area contributed by atoms with E-state index in [0.717, 1.165) is 12.3 Å². The second-order valence-corrected chi connectivity index (χ2v) is 8.25. The van der Waals surface area contributed by atoms with Crippen molar-refractivity contribution >= 4 is 0 Å². The molecule has 110 valence electrons. The molecule has 0 heterocycles. The minimum absolute atomic E-state index is 0.404. The molecule has 0 radical (unpaired) electrons. The molecule has 4 rings (SSSR count). The van der Waals surface area contributed by atoms with Crippen LogP contribution in [0.25, 0.3) is 0 Å². The lowest BCUT2D eigenvalue weighted by Gasteiger charge is -2.53. The molecule has 0 spiro atoms. The number of fused-ring (bicyclic) bond motifs is 5. The summed E-state index contributed by atoms with van der Waals surface area (Å²) in [5, 5.41) is 11.6. The SMILES string of the molecule is C[C@@]12CCCC1[C@]1(O)C/C=C3/C=CCC(C3)CC1CC2. The molecule has 0 aliphatic heterocycles. The van der Waals surface area contributed by atoms with Crippen molar-refractivity contribution in [1.82, 2.24) is 0 Å². The van der Waals surface area contributed by atoms with Crippen molar-refractivity contribution < 1.29 is 5.11 Å². The summed E-state index contributed by atoms with van der Waals surface area (Å²) in [5.41, 5.74) is 1.50. The largest absolute Gasteiger partial charge is 0.389 e. The first-order valence-electron chi connectivity index (χ1n) is 8.68. The second-order valence-electron chi connectivity index (χ2n) is 8.25. The van der Waals surface area contributed by atoms with Crippen LogP contribution in [0.4, 0.5) is 0 Å². The summed E-state index contributed by atoms with van der Waals surface area (Å²) >= 11 is 0. The minimum atomic E-state index is -0.404. The van der Waals surface area contributed by atoms with Crippen LogP contribution in [-0.4, -0.2) is 10.7 Å². The first-order valence-corrected chi connectivity index (χ1v) is 8.68. The number of rotatable bonds is 0. The van der Waals surface area contributed by atoms with Crippen molar-refractivity contribution in [3.63, 3.8) is 0 Å². The van der Waals surface area contributed by atoms with Gasteiger partial charge in [-0.15, -0.1) is 0 Å². The zero-order chi connectivity index (χ0) is 13.8. The zero-order valence-electron chi connectivity index (χ0n) is 12.8. The predicted molar refractivity (Wildman–Crippen MR) is 82.3 cm³/mol. The van der Waals surface area contributed by atoms with Crippen LogP contribution in [0.2, 0.25) is 0 Å². The first kappa shape index (κ1) is 13.1. The Morgan fingerprint density at radius 2 is 2.15 bits per heavy atom. The summed E-state index contributed by atoms with van der Waals surface area (Å²) < 4.78 is 0. The lowest BCUT2D eigenvalue weighted by molar-refractivity contribution is -0.139. The smallest absolute Gasteiger partial charge is 0.0743 e. The van der Waals surface area contributed by atoms with Gasteiger partial charge in [0.2, 0.25) is 0 Å². The molecule has 0 aromatic carbocycles. The third kappa shape index (κ3) is 1.85. The first-order chi connectivity index (χ1) is 9.60. The third-order valence-corrected chi connectivity index (χ3v) is 7.09. The summed E-state index contributed by atoms with van der Waals surface area (Å²) in [6, 6.07) is 0. The van der Waals surface area contributed by atoms with Crippen LogP contribution in [-0.2, 0) is 0 Å². The lowest BCUT2D eigenvalue weighted by atomic mass is 9.54. The Morgan fingerprint density at radius 1 is 1.25 bits per heavy atom. The third-order valence-electron chi connectivity index (χ3n) is 7.09. The Morgan fingerprint density at radius 3 is 3.05 bits per heavy atom. The van der Waals surface area contributed by atoms with E-state index in [2.05, 4.69) is 25.2 Å². The highest BCUT2D eigenvalue weighted by Crippen LogP contribution is 2.60. The second kappa shape index (κ2) is 4.47. The molecule has 1 nitrogen and oxygen atoms in total. The zero-order valence-corrected chi connectivity index (χ0v) is 12.8. The Balaban J connectivity index is 1.71. The Hall–Kier alpha value is -0.560. The van der Waals surface area contributed by atoms with Crippen molar-refractivity contribution in [2.24, 2.45) is 23.2 Å². The van der Waals surface area contributed by atoms with Gasteiger partial charge in [0.05, 0.1) is 5.60 Å².